The molecule has 2 rings (SSSR count). The van der Waals surface area contributed by atoms with Crippen molar-refractivity contribution in [2.45, 2.75) is 39.8 Å². The SMILES string of the molecule is CCCNC(=O)[C@H](c1ccccc1)N(Cc1ccc(Cl)cc1)C(=O)C(C)C. The van der Waals surface area contributed by atoms with Crippen molar-refractivity contribution in [1.29, 1.82) is 0 Å². The average Bonchev–Trinajstić information content (AvgIpc) is 2.67. The van der Waals surface area contributed by atoms with Crippen molar-refractivity contribution < 1.29 is 9.59 Å². The largest absolute Gasteiger partial charge is 0.354 e. The Morgan fingerprint density at radius 1 is 1.04 bits per heavy atom. The van der Waals surface area contributed by atoms with E-state index in [2.05, 4.69) is 5.32 Å². The third kappa shape index (κ3) is 5.83. The summed E-state index contributed by atoms with van der Waals surface area (Å²) in [5.41, 5.74) is 1.73. The summed E-state index contributed by atoms with van der Waals surface area (Å²) in [4.78, 5) is 27.7. The molecule has 27 heavy (non-hydrogen) atoms. The zero-order chi connectivity index (χ0) is 19.8. The zero-order valence-corrected chi connectivity index (χ0v) is 16.9. The summed E-state index contributed by atoms with van der Waals surface area (Å²) >= 11 is 5.98. The van der Waals surface area contributed by atoms with E-state index in [1.807, 2.05) is 63.2 Å². The Morgan fingerprint density at radius 2 is 1.67 bits per heavy atom. The van der Waals surface area contributed by atoms with Gasteiger partial charge in [-0.2, -0.15) is 0 Å². The van der Waals surface area contributed by atoms with Crippen LogP contribution in [0.4, 0.5) is 0 Å². The molecular formula is C22H27ClN2O2. The van der Waals surface area contributed by atoms with E-state index in [-0.39, 0.29) is 17.7 Å². The molecule has 4 nitrogen and oxygen atoms in total. The van der Waals surface area contributed by atoms with Crippen LogP contribution in [0, 0.1) is 5.92 Å². The molecule has 0 aliphatic heterocycles. The molecule has 0 radical (unpaired) electrons. The molecule has 0 aliphatic carbocycles. The number of halogens is 1. The summed E-state index contributed by atoms with van der Waals surface area (Å²) < 4.78 is 0. The Hall–Kier alpha value is -2.33. The first-order chi connectivity index (χ1) is 12.9. The van der Waals surface area contributed by atoms with Crippen LogP contribution in [0.5, 0.6) is 0 Å². The topological polar surface area (TPSA) is 49.4 Å². The third-order valence-electron chi connectivity index (χ3n) is 4.27. The lowest BCUT2D eigenvalue weighted by Gasteiger charge is -2.33. The molecule has 0 bridgehead atoms. The lowest BCUT2D eigenvalue weighted by Crippen LogP contribution is -2.45. The van der Waals surface area contributed by atoms with Gasteiger partial charge in [0.15, 0.2) is 0 Å². The first-order valence-corrected chi connectivity index (χ1v) is 9.69. The number of carbonyl (C=O) groups excluding carboxylic acids is 2. The van der Waals surface area contributed by atoms with Crippen LogP contribution < -0.4 is 5.32 Å². The van der Waals surface area contributed by atoms with E-state index >= 15 is 0 Å². The van der Waals surface area contributed by atoms with E-state index in [1.165, 1.54) is 0 Å². The predicted octanol–water partition coefficient (Wildman–Crippen LogP) is 4.59. The first-order valence-electron chi connectivity index (χ1n) is 9.31. The number of nitrogens with one attached hydrogen (secondary N) is 1. The summed E-state index contributed by atoms with van der Waals surface area (Å²) in [5.74, 6) is -0.445. The van der Waals surface area contributed by atoms with E-state index in [0.29, 0.717) is 18.1 Å². The maximum atomic E-state index is 13.0. The summed E-state index contributed by atoms with van der Waals surface area (Å²) in [6, 6.07) is 16.1. The third-order valence-corrected chi connectivity index (χ3v) is 4.52. The monoisotopic (exact) mass is 386 g/mol. The molecule has 0 saturated carbocycles. The second-order valence-corrected chi connectivity index (χ2v) is 7.29. The van der Waals surface area contributed by atoms with Crippen LogP contribution in [-0.4, -0.2) is 23.3 Å². The minimum Gasteiger partial charge on any atom is -0.354 e. The molecule has 0 spiro atoms. The number of carbonyl (C=O) groups is 2. The predicted molar refractivity (Wildman–Crippen MR) is 109 cm³/mol. The molecular weight excluding hydrogens is 360 g/mol. The molecule has 1 N–H and O–H groups in total. The Kier molecular flexibility index (Phi) is 7.86. The average molecular weight is 387 g/mol. The van der Waals surface area contributed by atoms with Crippen molar-refractivity contribution in [3.8, 4) is 0 Å². The molecule has 0 aliphatic rings. The molecule has 2 aromatic rings. The van der Waals surface area contributed by atoms with Gasteiger partial charge < -0.3 is 10.2 Å². The highest BCUT2D eigenvalue weighted by molar-refractivity contribution is 6.30. The minimum absolute atomic E-state index is 0.0644. The molecule has 144 valence electrons. The van der Waals surface area contributed by atoms with Gasteiger partial charge in [0, 0.05) is 24.0 Å². The molecule has 2 aromatic carbocycles. The summed E-state index contributed by atoms with van der Waals surface area (Å²) in [6.45, 7) is 6.62. The number of hydrogen-bond acceptors (Lipinski definition) is 2. The van der Waals surface area contributed by atoms with Gasteiger partial charge in [0.1, 0.15) is 6.04 Å². The first kappa shape index (κ1) is 21.0. The lowest BCUT2D eigenvalue weighted by atomic mass is 10.0. The maximum absolute atomic E-state index is 13.0. The van der Waals surface area contributed by atoms with E-state index in [1.54, 1.807) is 17.0 Å². The van der Waals surface area contributed by atoms with E-state index < -0.39 is 6.04 Å². The van der Waals surface area contributed by atoms with Crippen LogP contribution >= 0.6 is 11.6 Å². The fraction of sp³-hybridized carbons (Fsp3) is 0.364. The molecule has 0 saturated heterocycles. The van der Waals surface area contributed by atoms with Crippen molar-refractivity contribution >= 4 is 23.4 Å². The van der Waals surface area contributed by atoms with Crippen LogP contribution in [0.15, 0.2) is 54.6 Å². The van der Waals surface area contributed by atoms with Gasteiger partial charge in [-0.25, -0.2) is 0 Å². The van der Waals surface area contributed by atoms with E-state index in [0.717, 1.165) is 17.5 Å². The minimum atomic E-state index is -0.677. The zero-order valence-electron chi connectivity index (χ0n) is 16.1. The summed E-state index contributed by atoms with van der Waals surface area (Å²) in [7, 11) is 0. The van der Waals surface area contributed by atoms with Crippen LogP contribution in [0.1, 0.15) is 44.4 Å². The molecule has 0 heterocycles. The lowest BCUT2D eigenvalue weighted by molar-refractivity contribution is -0.144. The fourth-order valence-electron chi connectivity index (χ4n) is 2.87. The van der Waals surface area contributed by atoms with Crippen molar-refractivity contribution in [2.24, 2.45) is 5.92 Å². The van der Waals surface area contributed by atoms with Gasteiger partial charge in [-0.05, 0) is 29.7 Å². The molecule has 0 aromatic heterocycles. The van der Waals surface area contributed by atoms with Crippen LogP contribution in [-0.2, 0) is 16.1 Å². The Morgan fingerprint density at radius 3 is 2.22 bits per heavy atom. The quantitative estimate of drug-likeness (QED) is 0.721. The van der Waals surface area contributed by atoms with Crippen molar-refractivity contribution in [2.75, 3.05) is 6.54 Å². The highest BCUT2D eigenvalue weighted by atomic mass is 35.5. The Labute approximate surface area is 166 Å². The Bertz CT molecular complexity index is 745. The van der Waals surface area contributed by atoms with Crippen molar-refractivity contribution in [3.63, 3.8) is 0 Å². The van der Waals surface area contributed by atoms with Gasteiger partial charge in [0.25, 0.3) is 0 Å². The highest BCUT2D eigenvalue weighted by Crippen LogP contribution is 2.26. The fourth-order valence-corrected chi connectivity index (χ4v) is 2.99. The van der Waals surface area contributed by atoms with E-state index in [9.17, 15) is 9.59 Å². The van der Waals surface area contributed by atoms with Crippen molar-refractivity contribution in [1.82, 2.24) is 10.2 Å². The number of nitrogens with zero attached hydrogens (tertiary/aromatic N) is 1. The smallest absolute Gasteiger partial charge is 0.247 e. The molecule has 5 heteroatoms. The standard InChI is InChI=1S/C22H27ClN2O2/c1-4-14-24-21(26)20(18-8-6-5-7-9-18)25(22(27)16(2)3)15-17-10-12-19(23)13-11-17/h5-13,16,20H,4,14-15H2,1-3H3,(H,24,26)/t20-/m0/s1. The van der Waals surface area contributed by atoms with Gasteiger partial charge in [-0.1, -0.05) is 74.8 Å². The van der Waals surface area contributed by atoms with Crippen LogP contribution in [0.2, 0.25) is 5.02 Å². The maximum Gasteiger partial charge on any atom is 0.247 e. The van der Waals surface area contributed by atoms with Gasteiger partial charge in [-0.15, -0.1) is 0 Å². The van der Waals surface area contributed by atoms with Gasteiger partial charge >= 0.3 is 0 Å². The van der Waals surface area contributed by atoms with Crippen LogP contribution in [0.25, 0.3) is 0 Å². The molecule has 0 fully saturated rings. The van der Waals surface area contributed by atoms with Crippen molar-refractivity contribution in [3.05, 3.63) is 70.7 Å². The van der Waals surface area contributed by atoms with Gasteiger partial charge in [0.2, 0.25) is 11.8 Å². The highest BCUT2D eigenvalue weighted by Gasteiger charge is 2.32. The van der Waals surface area contributed by atoms with Gasteiger partial charge in [-0.3, -0.25) is 9.59 Å². The van der Waals surface area contributed by atoms with E-state index in [4.69, 9.17) is 11.6 Å². The normalized spacial score (nSPS) is 11.9. The number of hydrogen-bond donors (Lipinski definition) is 1. The number of benzene rings is 2. The molecule has 2 amide bonds. The molecule has 1 atom stereocenters. The number of rotatable bonds is 8. The summed E-state index contributed by atoms with van der Waals surface area (Å²) in [5, 5.41) is 3.59. The molecule has 0 unspecified atom stereocenters. The number of amides is 2. The Balaban J connectivity index is 2.43. The summed E-state index contributed by atoms with van der Waals surface area (Å²) in [6.07, 6.45) is 0.836. The van der Waals surface area contributed by atoms with Gasteiger partial charge in [0.05, 0.1) is 0 Å². The second-order valence-electron chi connectivity index (χ2n) is 6.85. The second kappa shape index (κ2) is 10.1. The van der Waals surface area contributed by atoms with Crippen LogP contribution in [0.3, 0.4) is 0 Å².